The predicted molar refractivity (Wildman–Crippen MR) is 59.9 cm³/mol. The van der Waals surface area contributed by atoms with Crippen LogP contribution in [-0.4, -0.2) is 28.5 Å². The van der Waals surface area contributed by atoms with Crippen molar-refractivity contribution in [2.75, 3.05) is 12.8 Å². The molecule has 0 saturated heterocycles. The van der Waals surface area contributed by atoms with Crippen LogP contribution in [0.5, 0.6) is 0 Å². The van der Waals surface area contributed by atoms with Crippen molar-refractivity contribution in [2.45, 2.75) is 9.79 Å². The summed E-state index contributed by atoms with van der Waals surface area (Å²) in [5.41, 5.74) is 5.09. The van der Waals surface area contributed by atoms with Crippen molar-refractivity contribution in [3.63, 3.8) is 0 Å². The molecule has 10 heteroatoms. The second kappa shape index (κ2) is 4.42. The van der Waals surface area contributed by atoms with Gasteiger partial charge in [0, 0.05) is 0 Å². The average molecular weight is 302 g/mol. The molecule has 0 heterocycles. The van der Waals surface area contributed by atoms with Crippen LogP contribution in [0.1, 0.15) is 0 Å². The van der Waals surface area contributed by atoms with Crippen LogP contribution in [0.4, 0.5) is 5.69 Å². The first-order valence-corrected chi connectivity index (χ1v) is 7.19. The molecule has 0 fully saturated rings. The first kappa shape index (κ1) is 14.2. The summed E-state index contributed by atoms with van der Waals surface area (Å²) >= 11 is 5.52. The van der Waals surface area contributed by atoms with Gasteiger partial charge in [-0.25, -0.2) is 0 Å². The lowest BCUT2D eigenvalue weighted by molar-refractivity contribution is 0.398. The van der Waals surface area contributed by atoms with E-state index in [4.69, 9.17) is 21.9 Å². The van der Waals surface area contributed by atoms with Gasteiger partial charge in [0.15, 0.2) is 0 Å². The number of benzene rings is 1. The van der Waals surface area contributed by atoms with Crippen LogP contribution >= 0.6 is 11.6 Å². The largest absolute Gasteiger partial charge is 0.398 e. The van der Waals surface area contributed by atoms with Gasteiger partial charge < -0.3 is 5.73 Å². The summed E-state index contributed by atoms with van der Waals surface area (Å²) in [5.74, 6) is 0. The summed E-state index contributed by atoms with van der Waals surface area (Å²) in [6.07, 6.45) is 0. The van der Waals surface area contributed by atoms with Gasteiger partial charge in [0.1, 0.15) is 9.79 Å². The van der Waals surface area contributed by atoms with Gasteiger partial charge in [0.05, 0.1) is 17.8 Å². The van der Waals surface area contributed by atoms with E-state index in [1.165, 1.54) is 0 Å². The standard InChI is InChI=1S/C7H8ClNO6S2/c1-15-17(13,14)7-3-6(16(10,11)12)4(8)2-5(7)9/h2-3H,9H2,1H3,(H,10,11,12). The van der Waals surface area contributed by atoms with Crippen molar-refractivity contribution < 1.29 is 25.6 Å². The lowest BCUT2D eigenvalue weighted by Gasteiger charge is -2.08. The van der Waals surface area contributed by atoms with Gasteiger partial charge in [-0.05, 0) is 12.1 Å². The number of halogens is 1. The van der Waals surface area contributed by atoms with Crippen LogP contribution in [-0.2, 0) is 24.4 Å². The van der Waals surface area contributed by atoms with Crippen molar-refractivity contribution in [2.24, 2.45) is 0 Å². The fourth-order valence-corrected chi connectivity index (χ4v) is 2.95. The van der Waals surface area contributed by atoms with Gasteiger partial charge in [-0.2, -0.15) is 16.8 Å². The maximum atomic E-state index is 11.4. The molecular weight excluding hydrogens is 294 g/mol. The number of nitrogen functional groups attached to an aromatic ring is 1. The predicted octanol–water partition coefficient (Wildman–Crippen LogP) is 0.504. The van der Waals surface area contributed by atoms with E-state index < -0.39 is 30.0 Å². The maximum Gasteiger partial charge on any atom is 0.298 e. The molecule has 17 heavy (non-hydrogen) atoms. The fraction of sp³-hybridized carbons (Fsp3) is 0.143. The number of hydrogen-bond donors (Lipinski definition) is 2. The summed E-state index contributed by atoms with van der Waals surface area (Å²) < 4.78 is 57.7. The molecule has 3 N–H and O–H groups in total. The Morgan fingerprint density at radius 1 is 1.24 bits per heavy atom. The minimum Gasteiger partial charge on any atom is -0.398 e. The van der Waals surface area contributed by atoms with Crippen LogP contribution in [0.15, 0.2) is 21.9 Å². The van der Waals surface area contributed by atoms with Gasteiger partial charge in [-0.3, -0.25) is 8.74 Å². The molecule has 1 aromatic rings. The number of anilines is 1. The Labute approximate surface area is 103 Å². The molecule has 0 aromatic heterocycles. The molecule has 0 aliphatic rings. The highest BCUT2D eigenvalue weighted by atomic mass is 35.5. The summed E-state index contributed by atoms with van der Waals surface area (Å²) in [4.78, 5) is -1.35. The van der Waals surface area contributed by atoms with E-state index in [1.54, 1.807) is 0 Å². The maximum absolute atomic E-state index is 11.4. The van der Waals surface area contributed by atoms with E-state index in [2.05, 4.69) is 4.18 Å². The van der Waals surface area contributed by atoms with Gasteiger partial charge in [-0.1, -0.05) is 11.6 Å². The monoisotopic (exact) mass is 301 g/mol. The van der Waals surface area contributed by atoms with Crippen LogP contribution in [0.2, 0.25) is 5.02 Å². The second-order valence-electron chi connectivity index (χ2n) is 2.92. The fourth-order valence-electron chi connectivity index (χ4n) is 1.05. The molecule has 1 aromatic carbocycles. The summed E-state index contributed by atoms with van der Waals surface area (Å²) in [5, 5.41) is -0.389. The first-order chi connectivity index (χ1) is 7.59. The van der Waals surface area contributed by atoms with Crippen molar-refractivity contribution >= 4 is 37.5 Å². The lowest BCUT2D eigenvalue weighted by atomic mass is 10.3. The Morgan fingerprint density at radius 3 is 2.18 bits per heavy atom. The average Bonchev–Trinajstić information content (AvgIpc) is 2.15. The van der Waals surface area contributed by atoms with Crippen molar-refractivity contribution in [1.82, 2.24) is 0 Å². The molecule has 96 valence electrons. The number of rotatable bonds is 3. The zero-order valence-corrected chi connectivity index (χ0v) is 10.8. The molecule has 0 radical (unpaired) electrons. The van der Waals surface area contributed by atoms with Crippen molar-refractivity contribution in [3.8, 4) is 0 Å². The van der Waals surface area contributed by atoms with Gasteiger partial charge in [0.2, 0.25) is 0 Å². The van der Waals surface area contributed by atoms with Crippen LogP contribution in [0.3, 0.4) is 0 Å². The Bertz CT molecular complexity index is 651. The Balaban J connectivity index is 3.68. The topological polar surface area (TPSA) is 124 Å². The van der Waals surface area contributed by atoms with Crippen molar-refractivity contribution in [3.05, 3.63) is 17.2 Å². The molecular formula is C7H8ClNO6S2. The highest BCUT2D eigenvalue weighted by Crippen LogP contribution is 2.30. The summed E-state index contributed by atoms with van der Waals surface area (Å²) in [6, 6.07) is 1.53. The van der Waals surface area contributed by atoms with Gasteiger partial charge in [-0.15, -0.1) is 0 Å². The summed E-state index contributed by atoms with van der Waals surface area (Å²) in [7, 11) is -7.95. The van der Waals surface area contributed by atoms with Crippen LogP contribution in [0, 0.1) is 0 Å². The quantitative estimate of drug-likeness (QED) is 0.473. The Hall–Kier alpha value is -0.870. The third-order valence-corrected chi connectivity index (χ3v) is 4.48. The molecule has 0 aliphatic heterocycles. The highest BCUT2D eigenvalue weighted by molar-refractivity contribution is 7.87. The molecule has 1 rings (SSSR count). The van der Waals surface area contributed by atoms with E-state index in [9.17, 15) is 16.8 Å². The molecule has 7 nitrogen and oxygen atoms in total. The molecule has 0 aliphatic carbocycles. The minimum atomic E-state index is -4.65. The third-order valence-electron chi connectivity index (χ3n) is 1.83. The summed E-state index contributed by atoms with van der Waals surface area (Å²) in [6.45, 7) is 0. The molecule has 0 atom stereocenters. The molecule has 0 unspecified atom stereocenters. The number of hydrogen-bond acceptors (Lipinski definition) is 6. The van der Waals surface area contributed by atoms with E-state index in [0.29, 0.717) is 6.07 Å². The Kier molecular flexibility index (Phi) is 3.69. The normalized spacial score (nSPS) is 12.6. The highest BCUT2D eigenvalue weighted by Gasteiger charge is 2.23. The van der Waals surface area contributed by atoms with Crippen LogP contribution in [0.25, 0.3) is 0 Å². The van der Waals surface area contributed by atoms with Gasteiger partial charge >= 0.3 is 0 Å². The van der Waals surface area contributed by atoms with Gasteiger partial charge in [0.25, 0.3) is 20.2 Å². The molecule has 0 spiro atoms. The smallest absolute Gasteiger partial charge is 0.298 e. The van der Waals surface area contributed by atoms with E-state index in [-0.39, 0.29) is 10.7 Å². The van der Waals surface area contributed by atoms with E-state index in [0.717, 1.165) is 13.2 Å². The van der Waals surface area contributed by atoms with E-state index in [1.807, 2.05) is 0 Å². The Morgan fingerprint density at radius 2 is 1.76 bits per heavy atom. The SMILES string of the molecule is COS(=O)(=O)c1cc(S(=O)(=O)O)c(Cl)cc1N. The van der Waals surface area contributed by atoms with Crippen LogP contribution < -0.4 is 5.73 Å². The zero-order valence-electron chi connectivity index (χ0n) is 8.41. The lowest BCUT2D eigenvalue weighted by Crippen LogP contribution is -2.09. The first-order valence-electron chi connectivity index (χ1n) is 3.96. The third kappa shape index (κ3) is 2.87. The molecule has 0 saturated carbocycles. The number of nitrogens with two attached hydrogens (primary N) is 1. The van der Waals surface area contributed by atoms with E-state index >= 15 is 0 Å². The minimum absolute atomic E-state index is 0.288. The van der Waals surface area contributed by atoms with Crippen molar-refractivity contribution in [1.29, 1.82) is 0 Å². The second-order valence-corrected chi connectivity index (χ2v) is 6.39. The molecule has 0 bridgehead atoms. The zero-order chi connectivity index (χ0) is 13.4. The molecule has 0 amide bonds.